The molecule has 2 heterocycles. The zero-order valence-electron chi connectivity index (χ0n) is 23.9. The van der Waals surface area contributed by atoms with E-state index in [0.717, 1.165) is 70.8 Å². The van der Waals surface area contributed by atoms with Crippen LogP contribution in [0.3, 0.4) is 0 Å². The average Bonchev–Trinajstić information content (AvgIpc) is 3.85. The van der Waals surface area contributed by atoms with Gasteiger partial charge in [-0.25, -0.2) is 8.78 Å². The van der Waals surface area contributed by atoms with Crippen molar-refractivity contribution in [2.24, 2.45) is 0 Å². The molecule has 9 heteroatoms. The first-order chi connectivity index (χ1) is 20.9. The van der Waals surface area contributed by atoms with Crippen molar-refractivity contribution in [3.8, 4) is 5.75 Å². The molecule has 1 saturated carbocycles. The Labute approximate surface area is 255 Å². The lowest BCUT2D eigenvalue weighted by atomic mass is 9.83. The van der Waals surface area contributed by atoms with E-state index in [2.05, 4.69) is 22.8 Å². The molecule has 1 amide bonds. The fourth-order valence-electron chi connectivity index (χ4n) is 6.14. The number of hydrogen-bond acceptors (Lipinski definition) is 4. The largest absolute Gasteiger partial charge is 0.488 e. The number of benzene rings is 3. The predicted octanol–water partition coefficient (Wildman–Crippen LogP) is 6.09. The highest BCUT2D eigenvalue weighted by Crippen LogP contribution is 2.36. The van der Waals surface area contributed by atoms with E-state index in [1.54, 1.807) is 0 Å². The van der Waals surface area contributed by atoms with Gasteiger partial charge in [0, 0.05) is 42.3 Å². The van der Waals surface area contributed by atoms with E-state index in [1.807, 2.05) is 41.3 Å². The van der Waals surface area contributed by atoms with E-state index in [4.69, 9.17) is 16.3 Å². The summed E-state index contributed by atoms with van der Waals surface area (Å²) < 4.78 is 46.3. The first-order valence-electron chi connectivity index (χ1n) is 15.0. The molecule has 0 spiro atoms. The molecule has 0 aromatic heterocycles. The quantitative estimate of drug-likeness (QED) is 0.204. The molecule has 2 unspecified atom stereocenters. The van der Waals surface area contributed by atoms with E-state index in [0.29, 0.717) is 32.4 Å². The molecule has 226 valence electrons. The first kappa shape index (κ1) is 29.7. The van der Waals surface area contributed by atoms with Crippen molar-refractivity contribution >= 4 is 23.1 Å². The third-order valence-electron chi connectivity index (χ3n) is 8.52. The second-order valence-electron chi connectivity index (χ2n) is 11.6. The summed E-state index contributed by atoms with van der Waals surface area (Å²) >= 11 is 6.42. The summed E-state index contributed by atoms with van der Waals surface area (Å²) in [6.07, 6.45) is 4.63. The maximum atomic E-state index is 14.3. The van der Waals surface area contributed by atoms with Crippen LogP contribution < -0.4 is 15.4 Å². The van der Waals surface area contributed by atoms with Gasteiger partial charge in [-0.3, -0.25) is 4.79 Å². The molecule has 3 aliphatic rings. The summed E-state index contributed by atoms with van der Waals surface area (Å²) in [7, 11) is 0. The molecule has 2 fully saturated rings. The minimum atomic E-state index is -1.31. The molecule has 2 bridgehead atoms. The van der Waals surface area contributed by atoms with E-state index >= 15 is 0 Å². The molecule has 3 aromatic rings. The van der Waals surface area contributed by atoms with E-state index in [9.17, 15) is 18.0 Å². The molecule has 5 nitrogen and oxygen atoms in total. The number of ether oxygens (including phenoxy) is 1. The number of aryl methyl sites for hydroxylation is 1. The Morgan fingerprint density at radius 1 is 0.953 bits per heavy atom. The number of amides is 1. The molecule has 0 radical (unpaired) electrons. The van der Waals surface area contributed by atoms with Gasteiger partial charge in [-0.05, 0) is 79.0 Å². The van der Waals surface area contributed by atoms with Crippen LogP contribution in [0.2, 0.25) is 5.02 Å². The fraction of sp³-hybridized carbons (Fsp3) is 0.382. The van der Waals surface area contributed by atoms with Crippen molar-refractivity contribution in [3.63, 3.8) is 0 Å². The summed E-state index contributed by atoms with van der Waals surface area (Å²) in [6, 6.07) is 18.0. The lowest BCUT2D eigenvalue weighted by Gasteiger charge is -2.41. The summed E-state index contributed by atoms with van der Waals surface area (Å²) in [4.78, 5) is 16.3. The lowest BCUT2D eigenvalue weighted by molar-refractivity contribution is -0.128. The molecule has 3 aromatic carbocycles. The number of carbonyl (C=O) groups is 1. The van der Waals surface area contributed by atoms with Crippen molar-refractivity contribution in [2.45, 2.75) is 56.7 Å². The summed E-state index contributed by atoms with van der Waals surface area (Å²) in [5, 5.41) is 7.89. The fourth-order valence-corrected chi connectivity index (χ4v) is 6.37. The standard InChI is InChI=1S/C34H35ClF3N3O2/c35-27-6-2-1-5-23(27)15-16-41(25-11-12-25)34(42)31-26(18-24-19-39-20-30(31)40-24)22-9-7-21(8-10-22)4-3-17-43-33-29(37)14-13-28(36)32(33)38/h1-2,5-10,13-14,24-25,30,39-40H,3-4,11-12,15-20H2. The predicted molar refractivity (Wildman–Crippen MR) is 162 cm³/mol. The normalized spacial score (nSPS) is 19.8. The first-order valence-corrected chi connectivity index (χ1v) is 15.4. The van der Waals surface area contributed by atoms with Crippen LogP contribution in [-0.4, -0.2) is 55.2 Å². The molecule has 1 saturated heterocycles. The van der Waals surface area contributed by atoms with Crippen LogP contribution in [0.4, 0.5) is 13.2 Å². The van der Waals surface area contributed by atoms with Gasteiger partial charge in [-0.15, -0.1) is 0 Å². The smallest absolute Gasteiger partial charge is 0.251 e. The number of nitrogens with one attached hydrogen (secondary N) is 2. The van der Waals surface area contributed by atoms with Gasteiger partial charge in [0.1, 0.15) is 0 Å². The average molecular weight is 610 g/mol. The second-order valence-corrected chi connectivity index (χ2v) is 12.0. The van der Waals surface area contributed by atoms with Gasteiger partial charge in [0.2, 0.25) is 5.82 Å². The number of fused-ring (bicyclic) bond motifs is 2. The monoisotopic (exact) mass is 609 g/mol. The van der Waals surface area contributed by atoms with Gasteiger partial charge in [0.05, 0.1) is 12.6 Å². The minimum Gasteiger partial charge on any atom is -0.488 e. The minimum absolute atomic E-state index is 0.0517. The Bertz CT molecular complexity index is 1510. The van der Waals surface area contributed by atoms with Crippen LogP contribution in [0.15, 0.2) is 66.2 Å². The summed E-state index contributed by atoms with van der Waals surface area (Å²) in [6.45, 7) is 2.23. The van der Waals surface area contributed by atoms with Crippen molar-refractivity contribution in [1.29, 1.82) is 0 Å². The van der Waals surface area contributed by atoms with Gasteiger partial charge in [0.15, 0.2) is 17.4 Å². The van der Waals surface area contributed by atoms with E-state index < -0.39 is 23.2 Å². The summed E-state index contributed by atoms with van der Waals surface area (Å²) in [5.74, 6) is -3.96. The van der Waals surface area contributed by atoms with Crippen molar-refractivity contribution in [3.05, 3.63) is 105 Å². The number of halogens is 4. The maximum Gasteiger partial charge on any atom is 0.251 e. The van der Waals surface area contributed by atoms with Crippen LogP contribution in [0.1, 0.15) is 42.4 Å². The Hall–Kier alpha value is -3.33. The molecular formula is C34H35ClF3N3O2. The van der Waals surface area contributed by atoms with Gasteiger partial charge in [-0.1, -0.05) is 54.1 Å². The van der Waals surface area contributed by atoms with E-state index in [-0.39, 0.29) is 30.6 Å². The van der Waals surface area contributed by atoms with Gasteiger partial charge in [-0.2, -0.15) is 4.39 Å². The number of rotatable bonds is 11. The van der Waals surface area contributed by atoms with E-state index in [1.165, 1.54) is 0 Å². The molecule has 1 aliphatic carbocycles. The zero-order valence-corrected chi connectivity index (χ0v) is 24.6. The SMILES string of the molecule is O=C(C1=C(c2ccc(CCCOc3c(F)ccc(F)c3F)cc2)CC2CNCC1N2)N(CCc1ccccc1Cl)C1CC1. The number of piperazine rings is 1. The van der Waals surface area contributed by atoms with Crippen LogP contribution in [0, 0.1) is 17.5 Å². The molecule has 2 aliphatic heterocycles. The molecule has 6 rings (SSSR count). The molecular weight excluding hydrogens is 575 g/mol. The Balaban J connectivity index is 1.17. The van der Waals surface area contributed by atoms with Crippen LogP contribution >= 0.6 is 11.6 Å². The Morgan fingerprint density at radius 3 is 2.49 bits per heavy atom. The van der Waals surface area contributed by atoms with Gasteiger partial charge < -0.3 is 20.3 Å². The third-order valence-corrected chi connectivity index (χ3v) is 8.89. The van der Waals surface area contributed by atoms with Crippen molar-refractivity contribution < 1.29 is 22.7 Å². The summed E-state index contributed by atoms with van der Waals surface area (Å²) in [5.41, 5.74) is 5.05. The highest BCUT2D eigenvalue weighted by molar-refractivity contribution is 6.31. The van der Waals surface area contributed by atoms with Gasteiger partial charge in [0.25, 0.3) is 5.91 Å². The third kappa shape index (κ3) is 6.77. The molecule has 43 heavy (non-hydrogen) atoms. The van der Waals surface area contributed by atoms with Crippen LogP contribution in [0.25, 0.3) is 5.57 Å². The van der Waals surface area contributed by atoms with Crippen LogP contribution in [0.5, 0.6) is 5.75 Å². The highest BCUT2D eigenvalue weighted by Gasteiger charge is 2.40. The van der Waals surface area contributed by atoms with Crippen LogP contribution in [-0.2, 0) is 17.6 Å². The Morgan fingerprint density at radius 2 is 1.72 bits per heavy atom. The second kappa shape index (κ2) is 13.1. The number of nitrogens with zero attached hydrogens (tertiary/aromatic N) is 1. The number of hydrogen-bond donors (Lipinski definition) is 2. The number of carbonyl (C=O) groups excluding carboxylic acids is 1. The highest BCUT2D eigenvalue weighted by atomic mass is 35.5. The zero-order chi connectivity index (χ0) is 29.9. The molecule has 2 N–H and O–H groups in total. The lowest BCUT2D eigenvalue weighted by Crippen LogP contribution is -2.60. The molecule has 2 atom stereocenters. The van der Waals surface area contributed by atoms with Crippen molar-refractivity contribution in [1.82, 2.24) is 15.5 Å². The topological polar surface area (TPSA) is 53.6 Å². The van der Waals surface area contributed by atoms with Gasteiger partial charge >= 0.3 is 0 Å². The Kier molecular flexibility index (Phi) is 9.07. The van der Waals surface area contributed by atoms with Crippen molar-refractivity contribution in [2.75, 3.05) is 26.2 Å². The maximum absolute atomic E-state index is 14.3.